The molecule has 0 saturated carbocycles. The molecule has 0 aromatic heterocycles. The second-order valence-electron chi connectivity index (χ2n) is 8.12. The molecule has 4 unspecified atom stereocenters. The van der Waals surface area contributed by atoms with Crippen LogP contribution in [-0.4, -0.2) is 53.6 Å². The normalized spacial score (nSPS) is 40.4. The van der Waals surface area contributed by atoms with Gasteiger partial charge in [-0.05, 0) is 64.8 Å². The van der Waals surface area contributed by atoms with Crippen molar-refractivity contribution in [2.45, 2.75) is 77.9 Å². The molecule has 3 heteroatoms. The number of rotatable bonds is 3. The molecule has 2 rings (SSSR count). The predicted molar refractivity (Wildman–Crippen MR) is 91.5 cm³/mol. The van der Waals surface area contributed by atoms with Crippen molar-refractivity contribution in [1.82, 2.24) is 9.80 Å². The first-order chi connectivity index (χ1) is 9.89. The molecule has 0 aliphatic carbocycles. The first-order valence-electron chi connectivity index (χ1n) is 9.10. The van der Waals surface area contributed by atoms with E-state index in [2.05, 4.69) is 44.4 Å². The standard InChI is InChI=1S/C18H37N3/c1-14(2)20-9-6-7-18(13-19,8-10-20)21-12-15(3)11-16(4)17(21)5/h14-17H,6-13,19H2,1-5H3. The topological polar surface area (TPSA) is 32.5 Å². The summed E-state index contributed by atoms with van der Waals surface area (Å²) in [6, 6.07) is 1.34. The summed E-state index contributed by atoms with van der Waals surface area (Å²) >= 11 is 0. The zero-order valence-electron chi connectivity index (χ0n) is 14.9. The van der Waals surface area contributed by atoms with Crippen molar-refractivity contribution in [2.24, 2.45) is 17.6 Å². The molecule has 2 fully saturated rings. The van der Waals surface area contributed by atoms with Crippen LogP contribution < -0.4 is 5.73 Å². The Balaban J connectivity index is 2.16. The Hall–Kier alpha value is -0.120. The van der Waals surface area contributed by atoms with Crippen LogP contribution in [0.2, 0.25) is 0 Å². The fourth-order valence-corrected chi connectivity index (χ4v) is 4.67. The lowest BCUT2D eigenvalue weighted by Crippen LogP contribution is -2.62. The zero-order chi connectivity index (χ0) is 15.6. The Morgan fingerprint density at radius 2 is 1.86 bits per heavy atom. The van der Waals surface area contributed by atoms with Crippen LogP contribution in [0.15, 0.2) is 0 Å². The van der Waals surface area contributed by atoms with Crippen LogP contribution in [0.1, 0.15) is 60.3 Å². The lowest BCUT2D eigenvalue weighted by atomic mass is 9.79. The molecule has 124 valence electrons. The van der Waals surface area contributed by atoms with Crippen molar-refractivity contribution in [3.8, 4) is 0 Å². The van der Waals surface area contributed by atoms with Crippen LogP contribution in [0.3, 0.4) is 0 Å². The Labute approximate surface area is 132 Å². The Kier molecular flexibility index (Phi) is 5.72. The molecule has 21 heavy (non-hydrogen) atoms. The summed E-state index contributed by atoms with van der Waals surface area (Å²) in [5.74, 6) is 1.60. The summed E-state index contributed by atoms with van der Waals surface area (Å²) in [5, 5.41) is 0. The molecule has 3 nitrogen and oxygen atoms in total. The maximum absolute atomic E-state index is 6.35. The van der Waals surface area contributed by atoms with E-state index >= 15 is 0 Å². The highest BCUT2D eigenvalue weighted by Crippen LogP contribution is 2.37. The first-order valence-corrected chi connectivity index (χ1v) is 9.10. The lowest BCUT2D eigenvalue weighted by Gasteiger charge is -2.52. The van der Waals surface area contributed by atoms with Gasteiger partial charge in [-0.25, -0.2) is 0 Å². The largest absolute Gasteiger partial charge is 0.329 e. The van der Waals surface area contributed by atoms with E-state index in [4.69, 9.17) is 5.73 Å². The smallest absolute Gasteiger partial charge is 0.0347 e. The first kappa shape index (κ1) is 17.2. The molecular weight excluding hydrogens is 258 g/mol. The van der Waals surface area contributed by atoms with Crippen LogP contribution in [0.25, 0.3) is 0 Å². The van der Waals surface area contributed by atoms with Gasteiger partial charge in [0, 0.05) is 37.3 Å². The number of hydrogen-bond acceptors (Lipinski definition) is 3. The number of hydrogen-bond donors (Lipinski definition) is 1. The molecule has 0 spiro atoms. The van der Waals surface area contributed by atoms with Crippen LogP contribution >= 0.6 is 0 Å². The van der Waals surface area contributed by atoms with Gasteiger partial charge in [-0.1, -0.05) is 13.8 Å². The average Bonchev–Trinajstić information content (AvgIpc) is 2.66. The predicted octanol–water partition coefficient (Wildman–Crippen LogP) is 2.94. The van der Waals surface area contributed by atoms with Crippen LogP contribution in [0.4, 0.5) is 0 Å². The fraction of sp³-hybridized carbons (Fsp3) is 1.00. The second-order valence-corrected chi connectivity index (χ2v) is 8.12. The van der Waals surface area contributed by atoms with E-state index in [1.165, 1.54) is 45.3 Å². The molecule has 2 aliphatic rings. The van der Waals surface area contributed by atoms with Crippen molar-refractivity contribution in [1.29, 1.82) is 0 Å². The highest BCUT2D eigenvalue weighted by Gasteiger charge is 2.43. The minimum Gasteiger partial charge on any atom is -0.329 e. The van der Waals surface area contributed by atoms with E-state index < -0.39 is 0 Å². The highest BCUT2D eigenvalue weighted by molar-refractivity contribution is 4.99. The third-order valence-corrected chi connectivity index (χ3v) is 6.27. The van der Waals surface area contributed by atoms with Gasteiger partial charge in [-0.3, -0.25) is 4.90 Å². The van der Waals surface area contributed by atoms with Gasteiger partial charge in [0.05, 0.1) is 0 Å². The molecule has 2 heterocycles. The monoisotopic (exact) mass is 295 g/mol. The summed E-state index contributed by atoms with van der Waals surface area (Å²) in [6.45, 7) is 16.4. The third kappa shape index (κ3) is 3.62. The van der Waals surface area contributed by atoms with Gasteiger partial charge >= 0.3 is 0 Å². The van der Waals surface area contributed by atoms with Crippen molar-refractivity contribution in [3.05, 3.63) is 0 Å². The van der Waals surface area contributed by atoms with Gasteiger partial charge in [-0.15, -0.1) is 0 Å². The van der Waals surface area contributed by atoms with Crippen molar-refractivity contribution < 1.29 is 0 Å². The van der Waals surface area contributed by atoms with E-state index in [-0.39, 0.29) is 5.54 Å². The Bertz CT molecular complexity index is 330. The van der Waals surface area contributed by atoms with Crippen molar-refractivity contribution >= 4 is 0 Å². The van der Waals surface area contributed by atoms with Crippen molar-refractivity contribution in [2.75, 3.05) is 26.2 Å². The molecule has 0 bridgehead atoms. The van der Waals surface area contributed by atoms with Gasteiger partial charge in [0.25, 0.3) is 0 Å². The fourth-order valence-electron chi connectivity index (χ4n) is 4.67. The molecule has 0 amide bonds. The van der Waals surface area contributed by atoms with Crippen molar-refractivity contribution in [3.63, 3.8) is 0 Å². The van der Waals surface area contributed by atoms with Gasteiger partial charge in [-0.2, -0.15) is 0 Å². The number of nitrogens with two attached hydrogens (primary N) is 1. The second kappa shape index (κ2) is 6.97. The number of nitrogens with zero attached hydrogens (tertiary/aromatic N) is 2. The van der Waals surface area contributed by atoms with Crippen LogP contribution in [-0.2, 0) is 0 Å². The molecule has 2 aliphatic heterocycles. The van der Waals surface area contributed by atoms with E-state index in [0.29, 0.717) is 12.1 Å². The van der Waals surface area contributed by atoms with E-state index in [0.717, 1.165) is 18.4 Å². The van der Waals surface area contributed by atoms with E-state index in [1.807, 2.05) is 0 Å². The molecule has 4 atom stereocenters. The third-order valence-electron chi connectivity index (χ3n) is 6.27. The summed E-state index contributed by atoms with van der Waals surface area (Å²) in [4.78, 5) is 5.44. The molecule has 0 aromatic carbocycles. The average molecular weight is 296 g/mol. The minimum absolute atomic E-state index is 0.242. The van der Waals surface area contributed by atoms with Gasteiger partial charge in [0.1, 0.15) is 0 Å². The molecule has 0 aromatic rings. The van der Waals surface area contributed by atoms with E-state index in [1.54, 1.807) is 0 Å². The SMILES string of the molecule is CC1CC(C)C(C)N(C2(CN)CCCN(C(C)C)CC2)C1. The summed E-state index contributed by atoms with van der Waals surface area (Å²) in [6.07, 6.45) is 5.18. The molecule has 0 radical (unpaired) electrons. The van der Waals surface area contributed by atoms with Crippen LogP contribution in [0.5, 0.6) is 0 Å². The summed E-state index contributed by atoms with van der Waals surface area (Å²) < 4.78 is 0. The van der Waals surface area contributed by atoms with Crippen LogP contribution in [0, 0.1) is 11.8 Å². The minimum atomic E-state index is 0.242. The quantitative estimate of drug-likeness (QED) is 0.869. The number of likely N-dealkylation sites (tertiary alicyclic amines) is 2. The van der Waals surface area contributed by atoms with Gasteiger partial charge in [0.2, 0.25) is 0 Å². The lowest BCUT2D eigenvalue weighted by molar-refractivity contribution is -0.0241. The Morgan fingerprint density at radius 3 is 2.48 bits per heavy atom. The van der Waals surface area contributed by atoms with E-state index in [9.17, 15) is 0 Å². The number of piperidine rings is 1. The summed E-state index contributed by atoms with van der Waals surface area (Å²) in [5.41, 5.74) is 6.60. The highest BCUT2D eigenvalue weighted by atomic mass is 15.3. The maximum atomic E-state index is 6.35. The molecule has 2 N–H and O–H groups in total. The van der Waals surface area contributed by atoms with Gasteiger partial charge in [0.15, 0.2) is 0 Å². The van der Waals surface area contributed by atoms with Gasteiger partial charge < -0.3 is 10.6 Å². The molecular formula is C18H37N3. The summed E-state index contributed by atoms with van der Waals surface area (Å²) in [7, 11) is 0. The zero-order valence-corrected chi connectivity index (χ0v) is 14.9. The molecule has 2 saturated heterocycles. The maximum Gasteiger partial charge on any atom is 0.0347 e. The Morgan fingerprint density at radius 1 is 1.14 bits per heavy atom.